The monoisotopic (exact) mass is 318 g/mol. The molecule has 1 rings (SSSR count). The molecule has 0 aliphatic heterocycles. The first-order chi connectivity index (χ1) is 10.0. The number of anilines is 1. The van der Waals surface area contributed by atoms with Crippen LogP contribution in [0.25, 0.3) is 0 Å². The number of carbonyl (C=O) groups excluding carboxylic acids is 1. The first-order valence-corrected chi connectivity index (χ1v) is 6.93. The molecule has 0 aromatic heterocycles. The molecule has 0 aliphatic rings. The molecule has 124 valence electrons. The molecule has 2 N–H and O–H groups in total. The molecular formula is C15H21F3N2O2. The van der Waals surface area contributed by atoms with E-state index in [-0.39, 0.29) is 12.2 Å². The molecule has 1 aromatic rings. The zero-order valence-corrected chi connectivity index (χ0v) is 12.9. The molecule has 0 radical (unpaired) electrons. The Morgan fingerprint density at radius 2 is 1.95 bits per heavy atom. The molecule has 22 heavy (non-hydrogen) atoms. The third kappa shape index (κ3) is 6.44. The van der Waals surface area contributed by atoms with Crippen molar-refractivity contribution in [2.24, 2.45) is 0 Å². The van der Waals surface area contributed by atoms with E-state index in [9.17, 15) is 23.1 Å². The molecule has 0 spiro atoms. The number of benzene rings is 1. The maximum Gasteiger partial charge on any atom is 0.416 e. The quantitative estimate of drug-likeness (QED) is 0.848. The number of aliphatic hydroxyl groups is 1. The van der Waals surface area contributed by atoms with Crippen LogP contribution in [0.2, 0.25) is 0 Å². The summed E-state index contributed by atoms with van der Waals surface area (Å²) in [7, 11) is 0. The van der Waals surface area contributed by atoms with E-state index in [1.54, 1.807) is 18.7 Å². The Morgan fingerprint density at radius 3 is 2.45 bits per heavy atom. The second-order valence-electron chi connectivity index (χ2n) is 5.74. The van der Waals surface area contributed by atoms with Gasteiger partial charge in [-0.05, 0) is 38.6 Å². The van der Waals surface area contributed by atoms with Crippen LogP contribution in [0.1, 0.15) is 26.3 Å². The maximum atomic E-state index is 12.6. The van der Waals surface area contributed by atoms with Crippen molar-refractivity contribution in [1.29, 1.82) is 0 Å². The fraction of sp³-hybridized carbons (Fsp3) is 0.533. The summed E-state index contributed by atoms with van der Waals surface area (Å²) in [4.78, 5) is 13.6. The van der Waals surface area contributed by atoms with E-state index in [1.165, 1.54) is 12.1 Å². The molecule has 0 unspecified atom stereocenters. The Kier molecular flexibility index (Phi) is 5.96. The van der Waals surface area contributed by atoms with Gasteiger partial charge in [-0.2, -0.15) is 13.2 Å². The van der Waals surface area contributed by atoms with Gasteiger partial charge in [0, 0.05) is 12.2 Å². The molecule has 0 atom stereocenters. The van der Waals surface area contributed by atoms with E-state index in [2.05, 4.69) is 5.32 Å². The van der Waals surface area contributed by atoms with Gasteiger partial charge in [0.15, 0.2) is 0 Å². The van der Waals surface area contributed by atoms with Crippen LogP contribution in [-0.2, 0) is 11.0 Å². The molecule has 0 heterocycles. The highest BCUT2D eigenvalue weighted by atomic mass is 19.4. The summed E-state index contributed by atoms with van der Waals surface area (Å²) < 4.78 is 37.8. The second kappa shape index (κ2) is 7.11. The van der Waals surface area contributed by atoms with Crippen LogP contribution in [0, 0.1) is 0 Å². The highest BCUT2D eigenvalue weighted by molar-refractivity contribution is 5.92. The number of carbonyl (C=O) groups is 1. The van der Waals surface area contributed by atoms with Gasteiger partial charge in [-0.15, -0.1) is 0 Å². The Balaban J connectivity index is 2.69. The Bertz CT molecular complexity index is 510. The van der Waals surface area contributed by atoms with E-state index >= 15 is 0 Å². The minimum Gasteiger partial charge on any atom is -0.389 e. The van der Waals surface area contributed by atoms with Crippen molar-refractivity contribution in [2.75, 3.05) is 25.0 Å². The molecule has 7 heteroatoms. The average molecular weight is 318 g/mol. The van der Waals surface area contributed by atoms with Crippen molar-refractivity contribution in [2.45, 2.75) is 32.5 Å². The van der Waals surface area contributed by atoms with Crippen molar-refractivity contribution in [3.8, 4) is 0 Å². The van der Waals surface area contributed by atoms with Crippen LogP contribution >= 0.6 is 0 Å². The molecule has 0 saturated carbocycles. The van der Waals surface area contributed by atoms with Gasteiger partial charge in [-0.25, -0.2) is 0 Å². The number of nitrogens with one attached hydrogen (secondary N) is 1. The number of hydrogen-bond acceptors (Lipinski definition) is 3. The summed E-state index contributed by atoms with van der Waals surface area (Å²) in [5.74, 6) is -0.426. The summed E-state index contributed by atoms with van der Waals surface area (Å²) in [5, 5.41) is 12.2. The maximum absolute atomic E-state index is 12.6. The summed E-state index contributed by atoms with van der Waals surface area (Å²) in [6.45, 7) is 5.92. The van der Waals surface area contributed by atoms with Gasteiger partial charge in [0.1, 0.15) is 0 Å². The number of likely N-dealkylation sites (N-methyl/N-ethyl adjacent to an activating group) is 1. The van der Waals surface area contributed by atoms with Crippen LogP contribution in [-0.4, -0.2) is 41.1 Å². The van der Waals surface area contributed by atoms with Crippen LogP contribution in [0.5, 0.6) is 0 Å². The van der Waals surface area contributed by atoms with E-state index in [1.807, 2.05) is 6.92 Å². The molecule has 0 saturated heterocycles. The molecular weight excluding hydrogens is 297 g/mol. The van der Waals surface area contributed by atoms with Crippen molar-refractivity contribution in [1.82, 2.24) is 4.90 Å². The fourth-order valence-electron chi connectivity index (χ4n) is 2.00. The zero-order valence-electron chi connectivity index (χ0n) is 12.9. The standard InChI is InChI=1S/C15H21F3N2O2/c1-4-20(10-14(2,3)22)9-13(21)19-12-7-5-6-11(8-12)15(16,17)18/h5-8,22H,4,9-10H2,1-3H3,(H,19,21). The number of rotatable bonds is 6. The molecule has 1 aromatic carbocycles. The van der Waals surface area contributed by atoms with Crippen molar-refractivity contribution >= 4 is 11.6 Å². The lowest BCUT2D eigenvalue weighted by molar-refractivity contribution is -0.137. The van der Waals surface area contributed by atoms with Crippen molar-refractivity contribution in [3.05, 3.63) is 29.8 Å². The third-order valence-electron chi connectivity index (χ3n) is 2.90. The summed E-state index contributed by atoms with van der Waals surface area (Å²) in [5.41, 5.74) is -1.67. The first-order valence-electron chi connectivity index (χ1n) is 6.93. The molecule has 1 amide bonds. The van der Waals surface area contributed by atoms with Gasteiger partial charge in [0.2, 0.25) is 5.91 Å². The summed E-state index contributed by atoms with van der Waals surface area (Å²) >= 11 is 0. The van der Waals surface area contributed by atoms with Crippen LogP contribution < -0.4 is 5.32 Å². The van der Waals surface area contributed by atoms with Crippen LogP contribution in [0.3, 0.4) is 0 Å². The third-order valence-corrected chi connectivity index (χ3v) is 2.90. The van der Waals surface area contributed by atoms with E-state index in [4.69, 9.17) is 0 Å². The topological polar surface area (TPSA) is 52.6 Å². The van der Waals surface area contributed by atoms with Gasteiger partial charge < -0.3 is 10.4 Å². The van der Waals surface area contributed by atoms with E-state index in [0.29, 0.717) is 13.1 Å². The highest BCUT2D eigenvalue weighted by Crippen LogP contribution is 2.30. The molecule has 0 fully saturated rings. The van der Waals surface area contributed by atoms with E-state index in [0.717, 1.165) is 12.1 Å². The lowest BCUT2D eigenvalue weighted by atomic mass is 10.1. The number of halogens is 3. The average Bonchev–Trinajstić information content (AvgIpc) is 2.35. The number of hydrogen-bond donors (Lipinski definition) is 2. The van der Waals surface area contributed by atoms with Gasteiger partial charge >= 0.3 is 6.18 Å². The number of nitrogens with zero attached hydrogens (tertiary/aromatic N) is 1. The smallest absolute Gasteiger partial charge is 0.389 e. The predicted octanol–water partition coefficient (Wildman–Crippen LogP) is 2.74. The normalized spacial score (nSPS) is 12.5. The largest absolute Gasteiger partial charge is 0.416 e. The predicted molar refractivity (Wildman–Crippen MR) is 78.5 cm³/mol. The number of amides is 1. The number of alkyl halides is 3. The van der Waals surface area contributed by atoms with Crippen LogP contribution in [0.4, 0.5) is 18.9 Å². The lowest BCUT2D eigenvalue weighted by Crippen LogP contribution is -2.42. The Morgan fingerprint density at radius 1 is 1.32 bits per heavy atom. The lowest BCUT2D eigenvalue weighted by Gasteiger charge is -2.27. The van der Waals surface area contributed by atoms with Crippen LogP contribution in [0.15, 0.2) is 24.3 Å². The minimum atomic E-state index is -4.45. The van der Waals surface area contributed by atoms with E-state index < -0.39 is 23.2 Å². The van der Waals surface area contributed by atoms with Crippen molar-refractivity contribution < 1.29 is 23.1 Å². The zero-order chi connectivity index (χ0) is 17.0. The molecule has 0 aliphatic carbocycles. The van der Waals surface area contributed by atoms with Gasteiger partial charge in [0.05, 0.1) is 17.7 Å². The Labute approximate surface area is 127 Å². The second-order valence-corrected chi connectivity index (χ2v) is 5.74. The van der Waals surface area contributed by atoms with Gasteiger partial charge in [-0.3, -0.25) is 9.69 Å². The molecule has 4 nitrogen and oxygen atoms in total. The molecule has 0 bridgehead atoms. The highest BCUT2D eigenvalue weighted by Gasteiger charge is 2.30. The summed E-state index contributed by atoms with van der Waals surface area (Å²) in [6.07, 6.45) is -4.45. The summed E-state index contributed by atoms with van der Waals surface area (Å²) in [6, 6.07) is 4.48. The van der Waals surface area contributed by atoms with Crippen molar-refractivity contribution in [3.63, 3.8) is 0 Å². The Hall–Kier alpha value is -1.60. The SMILES string of the molecule is CCN(CC(=O)Nc1cccc(C(F)(F)F)c1)CC(C)(C)O. The first kappa shape index (κ1) is 18.4. The fourth-order valence-corrected chi connectivity index (χ4v) is 2.00. The minimum absolute atomic E-state index is 0.00324. The van der Waals surface area contributed by atoms with Gasteiger partial charge in [-0.1, -0.05) is 13.0 Å². The van der Waals surface area contributed by atoms with Gasteiger partial charge in [0.25, 0.3) is 0 Å².